The molecule has 1 unspecified atom stereocenters. The van der Waals surface area contributed by atoms with E-state index in [1.54, 1.807) is 0 Å². The number of aryl methyl sites for hydroxylation is 1. The van der Waals surface area contributed by atoms with Gasteiger partial charge in [0.1, 0.15) is 0 Å². The molecule has 2 heteroatoms. The van der Waals surface area contributed by atoms with Crippen LogP contribution in [0, 0.1) is 12.8 Å². The topological polar surface area (TPSA) is 29.1 Å². The standard InChI is InChI=1S/C15H23NO/c1-11(2)9-15(17)16-13(4)10-14-7-5-12(3)6-8-14/h5-8,11,13H,9-10H2,1-4H3,(H,16,17). The molecule has 1 N–H and O–H groups in total. The van der Waals surface area contributed by atoms with Gasteiger partial charge in [0.05, 0.1) is 0 Å². The van der Waals surface area contributed by atoms with Crippen molar-refractivity contribution in [3.05, 3.63) is 35.4 Å². The van der Waals surface area contributed by atoms with Crippen LogP contribution in [-0.4, -0.2) is 11.9 Å². The van der Waals surface area contributed by atoms with Gasteiger partial charge in [-0.1, -0.05) is 43.7 Å². The largest absolute Gasteiger partial charge is 0.353 e. The summed E-state index contributed by atoms with van der Waals surface area (Å²) in [4.78, 5) is 11.6. The van der Waals surface area contributed by atoms with Crippen molar-refractivity contribution in [2.75, 3.05) is 0 Å². The summed E-state index contributed by atoms with van der Waals surface area (Å²) in [5.74, 6) is 0.571. The molecule has 0 aliphatic carbocycles. The Kier molecular flexibility index (Phi) is 5.20. The third-order valence-corrected chi connectivity index (χ3v) is 2.66. The molecule has 2 nitrogen and oxygen atoms in total. The van der Waals surface area contributed by atoms with Gasteiger partial charge in [-0.2, -0.15) is 0 Å². The van der Waals surface area contributed by atoms with Crippen molar-refractivity contribution < 1.29 is 4.79 Å². The van der Waals surface area contributed by atoms with Crippen molar-refractivity contribution in [3.8, 4) is 0 Å². The van der Waals surface area contributed by atoms with E-state index < -0.39 is 0 Å². The van der Waals surface area contributed by atoms with Crippen molar-refractivity contribution in [2.45, 2.75) is 46.6 Å². The molecule has 1 aromatic rings. The summed E-state index contributed by atoms with van der Waals surface area (Å²) in [6.45, 7) is 8.25. The Morgan fingerprint density at radius 3 is 2.29 bits per heavy atom. The zero-order valence-electron chi connectivity index (χ0n) is 11.3. The van der Waals surface area contributed by atoms with Crippen LogP contribution in [0.1, 0.15) is 38.3 Å². The molecular weight excluding hydrogens is 210 g/mol. The van der Waals surface area contributed by atoms with Gasteiger partial charge in [-0.05, 0) is 31.7 Å². The fraction of sp³-hybridized carbons (Fsp3) is 0.533. The van der Waals surface area contributed by atoms with E-state index in [0.717, 1.165) is 6.42 Å². The minimum atomic E-state index is 0.152. The minimum Gasteiger partial charge on any atom is -0.353 e. The lowest BCUT2D eigenvalue weighted by atomic mass is 10.0. The molecule has 1 aromatic carbocycles. The van der Waals surface area contributed by atoms with Crippen LogP contribution in [0.15, 0.2) is 24.3 Å². The van der Waals surface area contributed by atoms with Gasteiger partial charge in [0.25, 0.3) is 0 Å². The van der Waals surface area contributed by atoms with Crippen LogP contribution in [0.3, 0.4) is 0 Å². The number of amides is 1. The highest BCUT2D eigenvalue weighted by atomic mass is 16.1. The molecule has 0 aromatic heterocycles. The summed E-state index contributed by atoms with van der Waals surface area (Å²) in [5, 5.41) is 3.04. The SMILES string of the molecule is Cc1ccc(CC(C)NC(=O)CC(C)C)cc1. The van der Waals surface area contributed by atoms with Gasteiger partial charge in [0.15, 0.2) is 0 Å². The highest BCUT2D eigenvalue weighted by Crippen LogP contribution is 2.06. The molecule has 0 aliphatic heterocycles. The van der Waals surface area contributed by atoms with Crippen molar-refractivity contribution in [3.63, 3.8) is 0 Å². The zero-order chi connectivity index (χ0) is 12.8. The van der Waals surface area contributed by atoms with Crippen LogP contribution >= 0.6 is 0 Å². The first kappa shape index (κ1) is 13.8. The summed E-state index contributed by atoms with van der Waals surface area (Å²) < 4.78 is 0. The lowest BCUT2D eigenvalue weighted by Gasteiger charge is -2.15. The van der Waals surface area contributed by atoms with Crippen molar-refractivity contribution >= 4 is 5.91 Å². The van der Waals surface area contributed by atoms with Gasteiger partial charge in [-0.3, -0.25) is 4.79 Å². The smallest absolute Gasteiger partial charge is 0.220 e. The van der Waals surface area contributed by atoms with E-state index in [1.807, 2.05) is 0 Å². The molecule has 1 atom stereocenters. The molecule has 0 radical (unpaired) electrons. The molecule has 17 heavy (non-hydrogen) atoms. The fourth-order valence-corrected chi connectivity index (χ4v) is 1.83. The van der Waals surface area contributed by atoms with E-state index in [9.17, 15) is 4.79 Å². The monoisotopic (exact) mass is 233 g/mol. The molecule has 0 saturated heterocycles. The van der Waals surface area contributed by atoms with Gasteiger partial charge in [0.2, 0.25) is 5.91 Å². The van der Waals surface area contributed by atoms with Gasteiger partial charge >= 0.3 is 0 Å². The molecule has 1 rings (SSSR count). The first-order chi connectivity index (χ1) is 7.97. The molecule has 0 fully saturated rings. The molecule has 0 saturated carbocycles. The first-order valence-corrected chi connectivity index (χ1v) is 6.32. The zero-order valence-corrected chi connectivity index (χ0v) is 11.3. The first-order valence-electron chi connectivity index (χ1n) is 6.32. The van der Waals surface area contributed by atoms with E-state index in [4.69, 9.17) is 0 Å². The Hall–Kier alpha value is -1.31. The molecule has 1 amide bonds. The second kappa shape index (κ2) is 6.43. The average Bonchev–Trinajstić information content (AvgIpc) is 2.19. The molecule has 0 bridgehead atoms. The van der Waals surface area contributed by atoms with Crippen LogP contribution < -0.4 is 5.32 Å². The molecule has 94 valence electrons. The molecule has 0 spiro atoms. The van der Waals surface area contributed by atoms with E-state index >= 15 is 0 Å². The van der Waals surface area contributed by atoms with E-state index in [2.05, 4.69) is 57.3 Å². The maximum absolute atomic E-state index is 11.6. The maximum Gasteiger partial charge on any atom is 0.220 e. The van der Waals surface area contributed by atoms with E-state index in [1.165, 1.54) is 11.1 Å². The number of hydrogen-bond donors (Lipinski definition) is 1. The highest BCUT2D eigenvalue weighted by molar-refractivity contribution is 5.76. The summed E-state index contributed by atoms with van der Waals surface area (Å²) in [6.07, 6.45) is 1.50. The summed E-state index contributed by atoms with van der Waals surface area (Å²) >= 11 is 0. The van der Waals surface area contributed by atoms with Gasteiger partial charge in [0, 0.05) is 12.5 Å². The van der Waals surface area contributed by atoms with E-state index in [-0.39, 0.29) is 11.9 Å². The van der Waals surface area contributed by atoms with Crippen molar-refractivity contribution in [2.24, 2.45) is 5.92 Å². The molecular formula is C15H23NO. The van der Waals surface area contributed by atoms with Crippen LogP contribution in [0.2, 0.25) is 0 Å². The van der Waals surface area contributed by atoms with Crippen LogP contribution in [0.25, 0.3) is 0 Å². The number of rotatable bonds is 5. The predicted molar refractivity (Wildman–Crippen MR) is 71.9 cm³/mol. The van der Waals surface area contributed by atoms with Gasteiger partial charge in [-0.25, -0.2) is 0 Å². The second-order valence-corrected chi connectivity index (χ2v) is 5.26. The third kappa shape index (κ3) is 5.53. The highest BCUT2D eigenvalue weighted by Gasteiger charge is 2.09. The number of benzene rings is 1. The Labute approximate surface area is 104 Å². The quantitative estimate of drug-likeness (QED) is 0.832. The van der Waals surface area contributed by atoms with Crippen LogP contribution in [-0.2, 0) is 11.2 Å². The van der Waals surface area contributed by atoms with Crippen molar-refractivity contribution in [1.82, 2.24) is 5.32 Å². The predicted octanol–water partition coefficient (Wildman–Crippen LogP) is 3.09. The lowest BCUT2D eigenvalue weighted by molar-refractivity contribution is -0.122. The minimum absolute atomic E-state index is 0.152. The second-order valence-electron chi connectivity index (χ2n) is 5.26. The Bertz CT molecular complexity index is 354. The normalized spacial score (nSPS) is 12.5. The Balaban J connectivity index is 2.41. The van der Waals surface area contributed by atoms with E-state index in [0.29, 0.717) is 12.3 Å². The number of carbonyl (C=O) groups is 1. The number of nitrogens with one attached hydrogen (secondary N) is 1. The van der Waals surface area contributed by atoms with Gasteiger partial charge in [-0.15, -0.1) is 0 Å². The fourth-order valence-electron chi connectivity index (χ4n) is 1.83. The summed E-state index contributed by atoms with van der Waals surface area (Å²) in [7, 11) is 0. The lowest BCUT2D eigenvalue weighted by Crippen LogP contribution is -2.34. The average molecular weight is 233 g/mol. The van der Waals surface area contributed by atoms with Crippen LogP contribution in [0.5, 0.6) is 0 Å². The molecule has 0 aliphatic rings. The van der Waals surface area contributed by atoms with Crippen molar-refractivity contribution in [1.29, 1.82) is 0 Å². The Morgan fingerprint density at radius 1 is 1.18 bits per heavy atom. The number of carbonyl (C=O) groups excluding carboxylic acids is 1. The summed E-state index contributed by atoms with van der Waals surface area (Å²) in [6, 6.07) is 8.67. The Morgan fingerprint density at radius 2 is 1.76 bits per heavy atom. The van der Waals surface area contributed by atoms with Crippen LogP contribution in [0.4, 0.5) is 0 Å². The molecule has 0 heterocycles. The third-order valence-electron chi connectivity index (χ3n) is 2.66. The summed E-state index contributed by atoms with van der Waals surface area (Å²) in [5.41, 5.74) is 2.54. The van der Waals surface area contributed by atoms with Gasteiger partial charge < -0.3 is 5.32 Å². The maximum atomic E-state index is 11.6. The number of hydrogen-bond acceptors (Lipinski definition) is 1.